The molecular weight excluding hydrogens is 616 g/mol. The zero-order valence-corrected chi connectivity index (χ0v) is 18.7. The highest BCUT2D eigenvalue weighted by molar-refractivity contribution is 5.59. The van der Waals surface area contributed by atoms with Crippen LogP contribution >= 0.6 is 0 Å². The standard InChI is InChI=1S/C21H6F16N2O2/c22-4-1-3(40-17-11(25)9(23)7(20(32,33)34)15(38)13(17)27)2-5(6(4)19(29,30)31)41-18-12(26)10(24)8(21(35,36)37)16(39)14(18)28/h1-2H,38-39H2. The van der Waals surface area contributed by atoms with Gasteiger partial charge in [-0.15, -0.1) is 0 Å². The maximum Gasteiger partial charge on any atom is 0.422 e. The van der Waals surface area contributed by atoms with Crippen molar-refractivity contribution in [3.05, 3.63) is 69.5 Å². The van der Waals surface area contributed by atoms with E-state index in [4.69, 9.17) is 11.5 Å². The maximum atomic E-state index is 14.4. The average molecular weight is 622 g/mol. The maximum absolute atomic E-state index is 14.4. The van der Waals surface area contributed by atoms with E-state index in [2.05, 4.69) is 9.47 Å². The molecule has 0 saturated heterocycles. The number of nitrogens with two attached hydrogens (primary N) is 2. The summed E-state index contributed by atoms with van der Waals surface area (Å²) in [7, 11) is 0. The quantitative estimate of drug-likeness (QED) is 0.174. The molecule has 0 heterocycles. The number of benzene rings is 3. The fourth-order valence-electron chi connectivity index (χ4n) is 3.25. The van der Waals surface area contributed by atoms with E-state index in [-0.39, 0.29) is 12.1 Å². The second kappa shape index (κ2) is 9.98. The lowest BCUT2D eigenvalue weighted by Crippen LogP contribution is -2.17. The van der Waals surface area contributed by atoms with Gasteiger partial charge in [0.1, 0.15) is 34.0 Å². The van der Waals surface area contributed by atoms with Gasteiger partial charge in [-0.2, -0.15) is 48.3 Å². The molecule has 0 spiro atoms. The van der Waals surface area contributed by atoms with Crippen LogP contribution in [0.25, 0.3) is 0 Å². The molecule has 0 fully saturated rings. The van der Waals surface area contributed by atoms with Gasteiger partial charge in [-0.05, 0) is 0 Å². The van der Waals surface area contributed by atoms with Crippen molar-refractivity contribution in [1.29, 1.82) is 0 Å². The van der Waals surface area contributed by atoms with Crippen LogP contribution in [0.15, 0.2) is 12.1 Å². The molecule has 0 unspecified atom stereocenters. The molecule has 0 aliphatic rings. The molecule has 3 aromatic rings. The van der Waals surface area contributed by atoms with Crippen molar-refractivity contribution in [3.63, 3.8) is 0 Å². The fraction of sp³-hybridized carbons (Fsp3) is 0.143. The normalized spacial score (nSPS) is 12.6. The Morgan fingerprint density at radius 2 is 0.829 bits per heavy atom. The Labute approximate surface area is 214 Å². The van der Waals surface area contributed by atoms with Crippen molar-refractivity contribution < 1.29 is 79.7 Å². The molecule has 0 aromatic heterocycles. The third-order valence-corrected chi connectivity index (χ3v) is 4.94. The van der Waals surface area contributed by atoms with Crippen LogP contribution in [0.3, 0.4) is 0 Å². The second-order valence-electron chi connectivity index (χ2n) is 7.60. The predicted octanol–water partition coefficient (Wildman–Crippen LogP) is 8.47. The molecule has 0 aliphatic heterocycles. The van der Waals surface area contributed by atoms with Gasteiger partial charge in [0.15, 0.2) is 23.3 Å². The van der Waals surface area contributed by atoms with E-state index in [1.165, 1.54) is 0 Å². The summed E-state index contributed by atoms with van der Waals surface area (Å²) >= 11 is 0. The highest BCUT2D eigenvalue weighted by atomic mass is 19.4. The molecule has 0 saturated carbocycles. The molecule has 0 radical (unpaired) electrons. The summed E-state index contributed by atoms with van der Waals surface area (Å²) in [6.07, 6.45) is -17.5. The van der Waals surface area contributed by atoms with Crippen molar-refractivity contribution in [2.75, 3.05) is 11.5 Å². The lowest BCUT2D eigenvalue weighted by molar-refractivity contribution is -0.141. The molecule has 0 atom stereocenters. The van der Waals surface area contributed by atoms with Gasteiger partial charge in [0.05, 0.1) is 11.4 Å². The van der Waals surface area contributed by atoms with E-state index in [1.807, 2.05) is 0 Å². The Morgan fingerprint density at radius 3 is 1.20 bits per heavy atom. The van der Waals surface area contributed by atoms with Gasteiger partial charge in [-0.25, -0.2) is 22.0 Å². The zero-order valence-electron chi connectivity index (χ0n) is 18.7. The number of ether oxygens (including phenoxy) is 2. The van der Waals surface area contributed by atoms with E-state index < -0.39 is 110 Å². The minimum absolute atomic E-state index is 0.290. The molecule has 224 valence electrons. The lowest BCUT2D eigenvalue weighted by Gasteiger charge is -2.20. The minimum atomic E-state index is -5.87. The first-order valence-corrected chi connectivity index (χ1v) is 9.82. The first-order valence-electron chi connectivity index (χ1n) is 9.82. The van der Waals surface area contributed by atoms with Crippen LogP contribution in [0.1, 0.15) is 16.7 Å². The monoisotopic (exact) mass is 622 g/mol. The third-order valence-electron chi connectivity index (χ3n) is 4.94. The Bertz CT molecular complexity index is 1490. The van der Waals surface area contributed by atoms with Crippen LogP contribution in [-0.2, 0) is 18.5 Å². The average Bonchev–Trinajstić information content (AvgIpc) is 2.79. The van der Waals surface area contributed by atoms with Crippen molar-refractivity contribution in [2.45, 2.75) is 18.5 Å². The van der Waals surface area contributed by atoms with Gasteiger partial charge < -0.3 is 20.9 Å². The number of alkyl halides is 9. The number of hydrogen-bond acceptors (Lipinski definition) is 4. The topological polar surface area (TPSA) is 70.5 Å². The number of halogens is 16. The molecule has 0 aliphatic carbocycles. The van der Waals surface area contributed by atoms with Crippen molar-refractivity contribution in [3.8, 4) is 23.0 Å². The first kappa shape index (κ1) is 31.3. The van der Waals surface area contributed by atoms with Crippen LogP contribution < -0.4 is 20.9 Å². The molecule has 3 aromatic carbocycles. The molecule has 41 heavy (non-hydrogen) atoms. The van der Waals surface area contributed by atoms with Gasteiger partial charge in [-0.3, -0.25) is 0 Å². The summed E-state index contributed by atoms with van der Waals surface area (Å²) in [4.78, 5) is 0. The molecule has 4 nitrogen and oxygen atoms in total. The first-order chi connectivity index (χ1) is 18.5. The molecule has 20 heteroatoms. The van der Waals surface area contributed by atoms with Crippen molar-refractivity contribution in [2.24, 2.45) is 0 Å². The Morgan fingerprint density at radius 1 is 0.463 bits per heavy atom. The van der Waals surface area contributed by atoms with Gasteiger partial charge in [-0.1, -0.05) is 0 Å². The molecular formula is C21H6F16N2O2. The number of rotatable bonds is 4. The number of anilines is 2. The summed E-state index contributed by atoms with van der Waals surface area (Å²) in [6, 6.07) is -0.657. The Balaban J connectivity index is 2.25. The summed E-state index contributed by atoms with van der Waals surface area (Å²) in [5.74, 6) is -27.5. The number of nitrogen functional groups attached to an aromatic ring is 2. The van der Waals surface area contributed by atoms with Crippen LogP contribution in [0.2, 0.25) is 0 Å². The summed E-state index contributed by atoms with van der Waals surface area (Å²) in [6.45, 7) is 0. The van der Waals surface area contributed by atoms with Gasteiger partial charge in [0, 0.05) is 12.1 Å². The third kappa shape index (κ3) is 5.53. The largest absolute Gasteiger partial charge is 0.451 e. The van der Waals surface area contributed by atoms with Crippen LogP contribution in [-0.4, -0.2) is 0 Å². The second-order valence-corrected chi connectivity index (χ2v) is 7.60. The van der Waals surface area contributed by atoms with E-state index in [0.717, 1.165) is 0 Å². The summed E-state index contributed by atoms with van der Waals surface area (Å²) in [5, 5.41) is 0. The van der Waals surface area contributed by atoms with E-state index in [0.29, 0.717) is 0 Å². The number of hydrogen-bond donors (Lipinski definition) is 2. The Kier molecular flexibility index (Phi) is 7.61. The van der Waals surface area contributed by atoms with Gasteiger partial charge >= 0.3 is 18.5 Å². The van der Waals surface area contributed by atoms with Gasteiger partial charge in [0.2, 0.25) is 23.1 Å². The fourth-order valence-corrected chi connectivity index (χ4v) is 3.25. The van der Waals surface area contributed by atoms with E-state index in [9.17, 15) is 70.2 Å². The summed E-state index contributed by atoms with van der Waals surface area (Å²) < 4.78 is 226. The van der Waals surface area contributed by atoms with Gasteiger partial charge in [0.25, 0.3) is 0 Å². The molecule has 0 amide bonds. The smallest absolute Gasteiger partial charge is 0.422 e. The highest BCUT2D eigenvalue weighted by Crippen LogP contribution is 2.48. The van der Waals surface area contributed by atoms with Crippen molar-refractivity contribution >= 4 is 11.4 Å². The van der Waals surface area contributed by atoms with Crippen LogP contribution in [0.4, 0.5) is 81.6 Å². The predicted molar refractivity (Wildman–Crippen MR) is 103 cm³/mol. The van der Waals surface area contributed by atoms with Crippen LogP contribution in [0.5, 0.6) is 23.0 Å². The van der Waals surface area contributed by atoms with Crippen molar-refractivity contribution in [1.82, 2.24) is 0 Å². The van der Waals surface area contributed by atoms with Crippen LogP contribution in [0, 0.1) is 40.7 Å². The Hall–Kier alpha value is -4.26. The van der Waals surface area contributed by atoms with E-state index in [1.54, 1.807) is 0 Å². The summed E-state index contributed by atoms with van der Waals surface area (Å²) in [5.41, 5.74) is -2.76. The molecule has 3 rings (SSSR count). The zero-order chi connectivity index (χ0) is 31.6. The minimum Gasteiger partial charge on any atom is -0.451 e. The lowest BCUT2D eigenvalue weighted by atomic mass is 10.1. The molecule has 4 N–H and O–H groups in total. The SMILES string of the molecule is Nc1c(F)c(Oc2cc(F)c(C(F)(F)F)c(Oc3c(F)c(N)c(C(F)(F)F)c(F)c3F)c2)c(F)c(F)c1C(F)(F)F. The molecule has 0 bridgehead atoms. The highest BCUT2D eigenvalue weighted by Gasteiger charge is 2.44. The van der Waals surface area contributed by atoms with E-state index >= 15 is 0 Å².